The summed E-state index contributed by atoms with van der Waals surface area (Å²) in [7, 11) is -1.58. The van der Waals surface area contributed by atoms with Gasteiger partial charge < -0.3 is 14.6 Å². The van der Waals surface area contributed by atoms with Crippen LogP contribution < -0.4 is 5.46 Å². The fraction of sp³-hybridized carbons (Fsp3) is 0.167. The summed E-state index contributed by atoms with van der Waals surface area (Å²) in [4.78, 5) is 3.98. The molecule has 0 fully saturated rings. The van der Waals surface area contributed by atoms with Crippen molar-refractivity contribution in [3.05, 3.63) is 23.0 Å². The lowest BCUT2D eigenvalue weighted by molar-refractivity contribution is 0.354. The van der Waals surface area contributed by atoms with Crippen molar-refractivity contribution in [1.29, 1.82) is 0 Å². The Kier molecular flexibility index (Phi) is 5.58. The van der Waals surface area contributed by atoms with E-state index in [-0.39, 0.29) is 17.1 Å². The van der Waals surface area contributed by atoms with E-state index in [1.807, 2.05) is 0 Å². The lowest BCUT2D eigenvalue weighted by atomic mass is 9.80. The molecule has 14 heavy (non-hydrogen) atoms. The molecule has 1 unspecified atom stereocenters. The average molecular weight is 345 g/mol. The number of rotatable bonds is 4. The Bertz CT molecular complexity index is 317. The van der Waals surface area contributed by atoms with Crippen LogP contribution in [0.15, 0.2) is 12.3 Å². The number of hydrogen-bond donors (Lipinski definition) is 2. The highest BCUT2D eigenvalue weighted by Gasteiger charge is 2.17. The first-order valence-electron chi connectivity index (χ1n) is 3.63. The van der Waals surface area contributed by atoms with Crippen molar-refractivity contribution in [1.82, 2.24) is 4.98 Å². The van der Waals surface area contributed by atoms with Gasteiger partial charge in [-0.05, 0) is 28.1 Å². The molecule has 0 spiro atoms. The summed E-state index contributed by atoms with van der Waals surface area (Å²) in [5, 5.41) is 18.2. The maximum absolute atomic E-state index is 8.96. The van der Waals surface area contributed by atoms with Crippen LogP contribution in [0.1, 0.15) is 5.69 Å². The average Bonchev–Trinajstić information content (AvgIpc) is 2.16. The summed E-state index contributed by atoms with van der Waals surface area (Å²) in [6, 6.07) is 1.46. The Morgan fingerprint density at radius 3 is 2.93 bits per heavy atom. The summed E-state index contributed by atoms with van der Waals surface area (Å²) in [5.41, 5.74) is 0.762. The van der Waals surface area contributed by atoms with Gasteiger partial charge in [-0.2, -0.15) is 0 Å². The van der Waals surface area contributed by atoms with Gasteiger partial charge in [0, 0.05) is 11.7 Å². The highest BCUT2D eigenvalue weighted by molar-refractivity contribution is 14.2. The molecule has 0 aliphatic rings. The Labute approximate surface area is 102 Å². The predicted molar refractivity (Wildman–Crippen MR) is 66.2 cm³/mol. The van der Waals surface area contributed by atoms with Crippen molar-refractivity contribution in [2.24, 2.45) is 0 Å². The molecule has 1 rings (SSSR count). The molecule has 1 heterocycles. The molecule has 0 amide bonds. The van der Waals surface area contributed by atoms with Crippen LogP contribution >= 0.6 is 40.1 Å². The van der Waals surface area contributed by atoms with Crippen molar-refractivity contribution >= 4 is 52.7 Å². The molecule has 76 valence electrons. The van der Waals surface area contributed by atoms with Crippen molar-refractivity contribution in [3.63, 3.8) is 0 Å². The lowest BCUT2D eigenvalue weighted by Crippen LogP contribution is -2.31. The first-order valence-corrected chi connectivity index (χ1v) is 8.03. The first kappa shape index (κ1) is 12.6. The molecule has 4 nitrogen and oxygen atoms in total. The number of nitrogens with zero attached hydrogens (tertiary/aromatic N) is 1. The van der Waals surface area contributed by atoms with E-state index >= 15 is 0 Å². The van der Waals surface area contributed by atoms with E-state index in [0.29, 0.717) is 12.1 Å². The third-order valence-electron chi connectivity index (χ3n) is 1.53. The fourth-order valence-corrected chi connectivity index (χ4v) is 1.82. The van der Waals surface area contributed by atoms with E-state index in [2.05, 4.69) is 27.0 Å². The van der Waals surface area contributed by atoms with Crippen LogP contribution in [0.5, 0.6) is 0 Å². The SMILES string of the molecule is OB(O)c1ccnc(COPI)c1Cl. The monoisotopic (exact) mass is 345 g/mol. The topological polar surface area (TPSA) is 62.6 Å². The number of halogens is 2. The summed E-state index contributed by atoms with van der Waals surface area (Å²) < 4.78 is 5.14. The standard InChI is InChI=1S/C6H7BClINO3P/c8-6-4(7(11)12)1-2-10-5(6)3-13-14-9/h1-2,11-12,14H,3H2. The number of hydrogen-bond acceptors (Lipinski definition) is 4. The molecule has 0 saturated carbocycles. The highest BCUT2D eigenvalue weighted by atomic mass is 127. The summed E-state index contributed by atoms with van der Waals surface area (Å²) in [5.74, 6) is 0. The molecule has 0 saturated heterocycles. The molecule has 0 radical (unpaired) electrons. The third kappa shape index (κ3) is 3.29. The van der Waals surface area contributed by atoms with Crippen LogP contribution in [0.25, 0.3) is 0 Å². The van der Waals surface area contributed by atoms with E-state index in [0.717, 1.165) is 0 Å². The predicted octanol–water partition coefficient (Wildman–Crippen LogP) is 0.875. The Morgan fingerprint density at radius 2 is 2.36 bits per heavy atom. The van der Waals surface area contributed by atoms with Crippen molar-refractivity contribution in [2.45, 2.75) is 6.61 Å². The van der Waals surface area contributed by atoms with Gasteiger partial charge in [0.2, 0.25) is 0 Å². The van der Waals surface area contributed by atoms with Crippen LogP contribution in [0.4, 0.5) is 0 Å². The van der Waals surface area contributed by atoms with Gasteiger partial charge >= 0.3 is 7.12 Å². The van der Waals surface area contributed by atoms with E-state index in [1.54, 1.807) is 0 Å². The molecular formula is C6H7BClINO3P. The molecule has 1 atom stereocenters. The lowest BCUT2D eigenvalue weighted by Gasteiger charge is -2.07. The molecule has 0 aromatic carbocycles. The summed E-state index contributed by atoms with van der Waals surface area (Å²) >= 11 is 7.96. The maximum atomic E-state index is 8.96. The molecule has 1 aromatic heterocycles. The zero-order chi connectivity index (χ0) is 10.6. The zero-order valence-electron chi connectivity index (χ0n) is 6.94. The van der Waals surface area contributed by atoms with Crippen molar-refractivity contribution in [3.8, 4) is 0 Å². The normalized spacial score (nSPS) is 11.1. The zero-order valence-corrected chi connectivity index (χ0v) is 10.9. The van der Waals surface area contributed by atoms with Gasteiger partial charge in [0.05, 0.1) is 23.8 Å². The second-order valence-electron chi connectivity index (χ2n) is 2.40. The molecule has 0 aliphatic carbocycles. The molecule has 0 bridgehead atoms. The fourth-order valence-electron chi connectivity index (χ4n) is 0.900. The maximum Gasteiger partial charge on any atom is 0.490 e. The van der Waals surface area contributed by atoms with Gasteiger partial charge in [-0.25, -0.2) is 0 Å². The Hall–Kier alpha value is 0.545. The quantitative estimate of drug-likeness (QED) is 0.483. The van der Waals surface area contributed by atoms with Crippen LogP contribution in [0, 0.1) is 0 Å². The van der Waals surface area contributed by atoms with Crippen LogP contribution in [-0.4, -0.2) is 22.2 Å². The molecule has 2 N–H and O–H groups in total. The molecular weight excluding hydrogens is 338 g/mol. The van der Waals surface area contributed by atoms with Gasteiger partial charge in [0.15, 0.2) is 0 Å². The van der Waals surface area contributed by atoms with Gasteiger partial charge in [0.1, 0.15) is 0 Å². The van der Waals surface area contributed by atoms with E-state index in [9.17, 15) is 0 Å². The second kappa shape index (κ2) is 6.20. The van der Waals surface area contributed by atoms with Crippen LogP contribution in [-0.2, 0) is 11.1 Å². The third-order valence-corrected chi connectivity index (χ3v) is 3.16. The minimum absolute atomic E-state index is 0.247. The van der Waals surface area contributed by atoms with Gasteiger partial charge in [-0.1, -0.05) is 11.6 Å². The number of aromatic nitrogens is 1. The summed E-state index contributed by atoms with van der Waals surface area (Å²) in [6.45, 7) is 0.596. The molecule has 8 heteroatoms. The van der Waals surface area contributed by atoms with Gasteiger partial charge in [-0.15, -0.1) is 0 Å². The number of pyridine rings is 1. The first-order chi connectivity index (χ1) is 6.66. The van der Waals surface area contributed by atoms with E-state index in [4.69, 9.17) is 26.2 Å². The van der Waals surface area contributed by atoms with Crippen LogP contribution in [0.3, 0.4) is 0 Å². The smallest absolute Gasteiger partial charge is 0.423 e. The second-order valence-corrected chi connectivity index (χ2v) is 4.54. The summed E-state index contributed by atoms with van der Waals surface area (Å²) in [6.07, 6.45) is 1.47. The van der Waals surface area contributed by atoms with E-state index < -0.39 is 7.12 Å². The van der Waals surface area contributed by atoms with Gasteiger partial charge in [-0.3, -0.25) is 4.98 Å². The van der Waals surface area contributed by atoms with Crippen LogP contribution in [0.2, 0.25) is 5.02 Å². The van der Waals surface area contributed by atoms with Crippen molar-refractivity contribution < 1.29 is 14.6 Å². The highest BCUT2D eigenvalue weighted by Crippen LogP contribution is 2.24. The molecule has 1 aromatic rings. The minimum atomic E-state index is -1.58. The van der Waals surface area contributed by atoms with Crippen molar-refractivity contribution in [2.75, 3.05) is 0 Å². The largest absolute Gasteiger partial charge is 0.490 e. The molecule has 0 aliphatic heterocycles. The Morgan fingerprint density at radius 1 is 1.64 bits per heavy atom. The Balaban J connectivity index is 2.89. The van der Waals surface area contributed by atoms with Gasteiger partial charge in [0.25, 0.3) is 0 Å². The minimum Gasteiger partial charge on any atom is -0.423 e. The van der Waals surface area contributed by atoms with E-state index in [1.165, 1.54) is 12.3 Å².